The van der Waals surface area contributed by atoms with E-state index in [2.05, 4.69) is 6.92 Å². The monoisotopic (exact) mass is 202 g/mol. The Morgan fingerprint density at radius 3 is 2.57 bits per heavy atom. The third-order valence-electron chi connectivity index (χ3n) is 1.90. The Hall–Kier alpha value is -0.610. The van der Waals surface area contributed by atoms with Crippen LogP contribution in [0.15, 0.2) is 0 Å². The summed E-state index contributed by atoms with van der Waals surface area (Å²) in [7, 11) is 0. The predicted molar refractivity (Wildman–Crippen MR) is 57.0 cm³/mol. The Morgan fingerprint density at radius 2 is 2.14 bits per heavy atom. The largest absolute Gasteiger partial charge is 0.370 e. The summed E-state index contributed by atoms with van der Waals surface area (Å²) >= 11 is 0. The predicted octanol–water partition coefficient (Wildman–Crippen LogP) is 0.609. The molecule has 4 nitrogen and oxygen atoms in total. The fourth-order valence-electron chi connectivity index (χ4n) is 1.24. The molecule has 2 N–H and O–H groups in total. The Bertz CT molecular complexity index is 160. The maximum atomic E-state index is 11.6. The molecule has 0 unspecified atom stereocenters. The van der Waals surface area contributed by atoms with Crippen molar-refractivity contribution in [3.8, 4) is 0 Å². The molecule has 0 aliphatic heterocycles. The van der Waals surface area contributed by atoms with Crippen LogP contribution in [0.5, 0.6) is 0 Å². The van der Waals surface area contributed by atoms with Crippen LogP contribution in [0, 0.1) is 0 Å². The Kier molecular flexibility index (Phi) is 7.42. The lowest BCUT2D eigenvalue weighted by Gasteiger charge is -2.26. The topological polar surface area (TPSA) is 55.6 Å². The molecule has 0 saturated carbocycles. The number of amides is 1. The first-order chi connectivity index (χ1) is 6.63. The Balaban J connectivity index is 3.89. The SMILES string of the molecule is CCCN(C(=O)COCCN)C(C)C. The second-order valence-electron chi connectivity index (χ2n) is 3.52. The molecule has 0 heterocycles. The van der Waals surface area contributed by atoms with E-state index in [1.54, 1.807) is 0 Å². The quantitative estimate of drug-likeness (QED) is 0.615. The highest BCUT2D eigenvalue weighted by molar-refractivity contribution is 5.77. The van der Waals surface area contributed by atoms with Crippen molar-refractivity contribution in [1.82, 2.24) is 4.90 Å². The molecule has 0 fully saturated rings. The highest BCUT2D eigenvalue weighted by Crippen LogP contribution is 2.00. The van der Waals surface area contributed by atoms with E-state index in [0.29, 0.717) is 13.2 Å². The Morgan fingerprint density at radius 1 is 1.50 bits per heavy atom. The lowest BCUT2D eigenvalue weighted by atomic mass is 10.3. The lowest BCUT2D eigenvalue weighted by molar-refractivity contribution is -0.137. The van der Waals surface area contributed by atoms with Crippen LogP contribution in [0.4, 0.5) is 0 Å². The van der Waals surface area contributed by atoms with E-state index in [0.717, 1.165) is 13.0 Å². The van der Waals surface area contributed by atoms with Crippen LogP contribution < -0.4 is 5.73 Å². The fraction of sp³-hybridized carbons (Fsp3) is 0.900. The van der Waals surface area contributed by atoms with Gasteiger partial charge in [-0.25, -0.2) is 0 Å². The molecule has 0 rings (SSSR count). The van der Waals surface area contributed by atoms with E-state index >= 15 is 0 Å². The van der Waals surface area contributed by atoms with Crippen LogP contribution in [0.3, 0.4) is 0 Å². The summed E-state index contributed by atoms with van der Waals surface area (Å²) in [6.07, 6.45) is 0.973. The van der Waals surface area contributed by atoms with Crippen molar-refractivity contribution in [2.24, 2.45) is 5.73 Å². The first-order valence-corrected chi connectivity index (χ1v) is 5.20. The number of nitrogens with two attached hydrogens (primary N) is 1. The average molecular weight is 202 g/mol. The number of hydrogen-bond acceptors (Lipinski definition) is 3. The molecule has 0 aromatic rings. The van der Waals surface area contributed by atoms with Crippen molar-refractivity contribution < 1.29 is 9.53 Å². The van der Waals surface area contributed by atoms with Crippen LogP contribution in [0.1, 0.15) is 27.2 Å². The smallest absolute Gasteiger partial charge is 0.248 e. The van der Waals surface area contributed by atoms with Crippen LogP contribution in [0.25, 0.3) is 0 Å². The van der Waals surface area contributed by atoms with Gasteiger partial charge in [0.15, 0.2) is 0 Å². The molecule has 4 heteroatoms. The zero-order chi connectivity index (χ0) is 11.0. The summed E-state index contributed by atoms with van der Waals surface area (Å²) < 4.78 is 5.11. The van der Waals surface area contributed by atoms with Crippen LogP contribution in [-0.4, -0.2) is 43.2 Å². The van der Waals surface area contributed by atoms with Crippen molar-refractivity contribution in [2.45, 2.75) is 33.2 Å². The van der Waals surface area contributed by atoms with Gasteiger partial charge in [-0.3, -0.25) is 4.79 Å². The molecule has 0 aromatic heterocycles. The van der Waals surface area contributed by atoms with Gasteiger partial charge in [-0.05, 0) is 20.3 Å². The molecule has 0 aromatic carbocycles. The minimum atomic E-state index is 0.0512. The van der Waals surface area contributed by atoms with Gasteiger partial charge < -0.3 is 15.4 Å². The Labute approximate surface area is 86.4 Å². The summed E-state index contributed by atoms with van der Waals surface area (Å²) in [6.45, 7) is 7.93. The zero-order valence-corrected chi connectivity index (χ0v) is 9.45. The maximum Gasteiger partial charge on any atom is 0.248 e. The first kappa shape index (κ1) is 13.4. The second-order valence-corrected chi connectivity index (χ2v) is 3.52. The average Bonchev–Trinajstić information content (AvgIpc) is 2.13. The summed E-state index contributed by atoms with van der Waals surface area (Å²) in [4.78, 5) is 13.4. The third-order valence-corrected chi connectivity index (χ3v) is 1.90. The number of nitrogens with zero attached hydrogens (tertiary/aromatic N) is 1. The molecular formula is C10H22N2O2. The van der Waals surface area contributed by atoms with Crippen molar-refractivity contribution in [3.05, 3.63) is 0 Å². The van der Waals surface area contributed by atoms with E-state index in [-0.39, 0.29) is 18.6 Å². The van der Waals surface area contributed by atoms with Gasteiger partial charge in [0.2, 0.25) is 5.91 Å². The molecule has 0 aliphatic carbocycles. The van der Waals surface area contributed by atoms with Crippen LogP contribution in [0.2, 0.25) is 0 Å². The molecule has 0 bridgehead atoms. The van der Waals surface area contributed by atoms with Crippen molar-refractivity contribution in [3.63, 3.8) is 0 Å². The molecule has 0 radical (unpaired) electrons. The maximum absolute atomic E-state index is 11.6. The molecule has 14 heavy (non-hydrogen) atoms. The summed E-state index contributed by atoms with van der Waals surface area (Å²) in [5.74, 6) is 0.0512. The van der Waals surface area contributed by atoms with Gasteiger partial charge in [0.25, 0.3) is 0 Å². The number of hydrogen-bond donors (Lipinski definition) is 1. The molecule has 84 valence electrons. The van der Waals surface area contributed by atoms with Gasteiger partial charge in [0.05, 0.1) is 6.61 Å². The first-order valence-electron chi connectivity index (χ1n) is 5.20. The standard InChI is InChI=1S/C10H22N2O2/c1-4-6-12(9(2)3)10(13)8-14-7-5-11/h9H,4-8,11H2,1-3H3. The van der Waals surface area contributed by atoms with Gasteiger partial charge in [-0.2, -0.15) is 0 Å². The van der Waals surface area contributed by atoms with E-state index in [1.165, 1.54) is 0 Å². The summed E-state index contributed by atoms with van der Waals surface area (Å²) in [5, 5.41) is 0. The highest BCUT2D eigenvalue weighted by atomic mass is 16.5. The van der Waals surface area contributed by atoms with Crippen molar-refractivity contribution in [1.29, 1.82) is 0 Å². The van der Waals surface area contributed by atoms with E-state index in [9.17, 15) is 4.79 Å². The molecule has 1 amide bonds. The highest BCUT2D eigenvalue weighted by Gasteiger charge is 2.15. The number of ether oxygens (including phenoxy) is 1. The number of carbonyl (C=O) groups is 1. The normalized spacial score (nSPS) is 10.6. The van der Waals surface area contributed by atoms with Crippen LogP contribution >= 0.6 is 0 Å². The molecule has 0 saturated heterocycles. The molecule has 0 spiro atoms. The van der Waals surface area contributed by atoms with E-state index in [1.807, 2.05) is 18.7 Å². The lowest BCUT2D eigenvalue weighted by Crippen LogP contribution is -2.40. The molecule has 0 atom stereocenters. The van der Waals surface area contributed by atoms with Crippen molar-refractivity contribution >= 4 is 5.91 Å². The second kappa shape index (κ2) is 7.76. The van der Waals surface area contributed by atoms with Gasteiger partial charge in [0, 0.05) is 19.1 Å². The third kappa shape index (κ3) is 5.19. The van der Waals surface area contributed by atoms with Gasteiger partial charge >= 0.3 is 0 Å². The number of rotatable bonds is 7. The number of carbonyl (C=O) groups excluding carboxylic acids is 1. The summed E-state index contributed by atoms with van der Waals surface area (Å²) in [6, 6.07) is 0.240. The minimum Gasteiger partial charge on any atom is -0.370 e. The van der Waals surface area contributed by atoms with E-state index < -0.39 is 0 Å². The fourth-order valence-corrected chi connectivity index (χ4v) is 1.24. The van der Waals surface area contributed by atoms with Gasteiger partial charge in [0.1, 0.15) is 6.61 Å². The van der Waals surface area contributed by atoms with E-state index in [4.69, 9.17) is 10.5 Å². The zero-order valence-electron chi connectivity index (χ0n) is 9.45. The minimum absolute atomic E-state index is 0.0512. The molecule has 0 aliphatic rings. The van der Waals surface area contributed by atoms with Gasteiger partial charge in [-0.15, -0.1) is 0 Å². The summed E-state index contributed by atoms with van der Waals surface area (Å²) in [5.41, 5.74) is 5.26. The van der Waals surface area contributed by atoms with Gasteiger partial charge in [-0.1, -0.05) is 6.92 Å². The van der Waals surface area contributed by atoms with Crippen molar-refractivity contribution in [2.75, 3.05) is 26.3 Å². The van der Waals surface area contributed by atoms with Crippen LogP contribution in [-0.2, 0) is 9.53 Å². The molecular weight excluding hydrogens is 180 g/mol.